The van der Waals surface area contributed by atoms with E-state index >= 15 is 0 Å². The van der Waals surface area contributed by atoms with Gasteiger partial charge in [0.25, 0.3) is 0 Å². The van der Waals surface area contributed by atoms with Crippen molar-refractivity contribution in [3.05, 3.63) is 12.7 Å². The van der Waals surface area contributed by atoms with Crippen LogP contribution in [-0.4, -0.2) is 27.4 Å². The molecule has 78 valence electrons. The summed E-state index contributed by atoms with van der Waals surface area (Å²) in [5.41, 5.74) is 0.377. The quantitative estimate of drug-likeness (QED) is 0.765. The molecule has 1 unspecified atom stereocenters. The van der Waals surface area contributed by atoms with E-state index in [2.05, 4.69) is 29.4 Å². The molecule has 0 bridgehead atoms. The Labute approximate surface area is 84.7 Å². The number of nitrogens with one attached hydrogen (secondary N) is 1. The van der Waals surface area contributed by atoms with Crippen molar-refractivity contribution >= 4 is 0 Å². The van der Waals surface area contributed by atoms with Gasteiger partial charge in [-0.05, 0) is 24.8 Å². The third-order valence-electron chi connectivity index (χ3n) is 3.19. The van der Waals surface area contributed by atoms with Crippen LogP contribution in [-0.2, 0) is 6.54 Å². The van der Waals surface area contributed by atoms with Crippen LogP contribution >= 0.6 is 0 Å². The van der Waals surface area contributed by atoms with Crippen molar-refractivity contribution < 1.29 is 0 Å². The third kappa shape index (κ3) is 1.95. The SMILES string of the molecule is CC1(C)CCCNC1Cn1cnnc1. The summed E-state index contributed by atoms with van der Waals surface area (Å²) in [5.74, 6) is 0. The van der Waals surface area contributed by atoms with Crippen LogP contribution in [0.4, 0.5) is 0 Å². The first-order valence-corrected chi connectivity index (χ1v) is 5.24. The molecular weight excluding hydrogens is 176 g/mol. The number of hydrogen-bond donors (Lipinski definition) is 1. The van der Waals surface area contributed by atoms with Crippen LogP contribution < -0.4 is 5.32 Å². The summed E-state index contributed by atoms with van der Waals surface area (Å²) in [6, 6.07) is 0.534. The van der Waals surface area contributed by atoms with Gasteiger partial charge < -0.3 is 9.88 Å². The first-order valence-electron chi connectivity index (χ1n) is 5.24. The number of hydrogen-bond acceptors (Lipinski definition) is 3. The zero-order valence-corrected chi connectivity index (χ0v) is 8.90. The van der Waals surface area contributed by atoms with Gasteiger partial charge in [0.1, 0.15) is 12.7 Å². The molecule has 1 aliphatic heterocycles. The summed E-state index contributed by atoms with van der Waals surface area (Å²) in [6.07, 6.45) is 6.15. The highest BCUT2D eigenvalue weighted by molar-refractivity contribution is 4.88. The van der Waals surface area contributed by atoms with E-state index in [4.69, 9.17) is 0 Å². The lowest BCUT2D eigenvalue weighted by Crippen LogP contribution is -2.48. The van der Waals surface area contributed by atoms with E-state index in [1.165, 1.54) is 12.8 Å². The highest BCUT2D eigenvalue weighted by Crippen LogP contribution is 2.30. The summed E-state index contributed by atoms with van der Waals surface area (Å²) in [7, 11) is 0. The molecule has 0 amide bonds. The Bertz CT molecular complexity index is 278. The van der Waals surface area contributed by atoms with Crippen LogP contribution in [0.25, 0.3) is 0 Å². The molecule has 4 heteroatoms. The van der Waals surface area contributed by atoms with Crippen LogP contribution in [0.3, 0.4) is 0 Å². The Morgan fingerprint density at radius 3 is 2.79 bits per heavy atom. The number of aromatic nitrogens is 3. The largest absolute Gasteiger partial charge is 0.319 e. The maximum atomic E-state index is 3.82. The van der Waals surface area contributed by atoms with E-state index in [9.17, 15) is 0 Å². The molecule has 0 spiro atoms. The standard InChI is InChI=1S/C10H18N4/c1-10(2)4-3-5-11-9(10)6-14-7-12-13-8-14/h7-9,11H,3-6H2,1-2H3. The lowest BCUT2D eigenvalue weighted by Gasteiger charge is -2.39. The normalized spacial score (nSPS) is 26.3. The zero-order valence-electron chi connectivity index (χ0n) is 8.90. The Morgan fingerprint density at radius 1 is 1.43 bits per heavy atom. The van der Waals surface area contributed by atoms with E-state index in [-0.39, 0.29) is 0 Å². The maximum absolute atomic E-state index is 3.82. The summed E-state index contributed by atoms with van der Waals surface area (Å²) >= 11 is 0. The Hall–Kier alpha value is -0.900. The molecule has 1 atom stereocenters. The van der Waals surface area contributed by atoms with E-state index in [0.29, 0.717) is 11.5 Å². The van der Waals surface area contributed by atoms with Gasteiger partial charge in [-0.1, -0.05) is 13.8 Å². The topological polar surface area (TPSA) is 42.7 Å². The third-order valence-corrected chi connectivity index (χ3v) is 3.19. The second-order valence-electron chi connectivity index (χ2n) is 4.76. The minimum Gasteiger partial charge on any atom is -0.319 e. The lowest BCUT2D eigenvalue weighted by atomic mass is 9.77. The van der Waals surface area contributed by atoms with Crippen LogP contribution in [0.15, 0.2) is 12.7 Å². The molecular formula is C10H18N4. The Kier molecular flexibility index (Phi) is 2.54. The van der Waals surface area contributed by atoms with Crippen molar-refractivity contribution in [2.75, 3.05) is 6.54 Å². The fraction of sp³-hybridized carbons (Fsp3) is 0.800. The lowest BCUT2D eigenvalue weighted by molar-refractivity contribution is 0.163. The minimum atomic E-state index is 0.377. The van der Waals surface area contributed by atoms with Gasteiger partial charge in [-0.25, -0.2) is 0 Å². The van der Waals surface area contributed by atoms with Gasteiger partial charge in [-0.15, -0.1) is 10.2 Å². The molecule has 0 aromatic carbocycles. The average Bonchev–Trinajstić information content (AvgIpc) is 2.61. The number of rotatable bonds is 2. The van der Waals surface area contributed by atoms with Crippen molar-refractivity contribution in [1.29, 1.82) is 0 Å². The van der Waals surface area contributed by atoms with Crippen molar-refractivity contribution in [3.63, 3.8) is 0 Å². The van der Waals surface area contributed by atoms with Crippen LogP contribution in [0.1, 0.15) is 26.7 Å². The molecule has 1 N–H and O–H groups in total. The summed E-state index contributed by atoms with van der Waals surface area (Å²) in [5, 5.41) is 11.2. The molecule has 1 fully saturated rings. The molecule has 2 heterocycles. The zero-order chi connectivity index (χ0) is 10.0. The van der Waals surface area contributed by atoms with Crippen molar-refractivity contribution in [2.45, 2.75) is 39.3 Å². The van der Waals surface area contributed by atoms with Gasteiger partial charge in [0.15, 0.2) is 0 Å². The molecule has 1 saturated heterocycles. The van der Waals surface area contributed by atoms with E-state index in [0.717, 1.165) is 13.1 Å². The van der Waals surface area contributed by atoms with Crippen molar-refractivity contribution in [1.82, 2.24) is 20.1 Å². The average molecular weight is 194 g/mol. The monoisotopic (exact) mass is 194 g/mol. The maximum Gasteiger partial charge on any atom is 0.119 e. The Balaban J connectivity index is 2.02. The number of nitrogens with zero attached hydrogens (tertiary/aromatic N) is 3. The smallest absolute Gasteiger partial charge is 0.119 e. The summed E-state index contributed by atoms with van der Waals surface area (Å²) in [4.78, 5) is 0. The molecule has 0 aliphatic carbocycles. The molecule has 2 rings (SSSR count). The van der Waals surface area contributed by atoms with Gasteiger partial charge in [0.05, 0.1) is 0 Å². The van der Waals surface area contributed by atoms with E-state index in [1.54, 1.807) is 12.7 Å². The van der Waals surface area contributed by atoms with Crippen molar-refractivity contribution in [3.8, 4) is 0 Å². The fourth-order valence-electron chi connectivity index (χ4n) is 2.11. The van der Waals surface area contributed by atoms with Crippen LogP contribution in [0, 0.1) is 5.41 Å². The predicted octanol–water partition coefficient (Wildman–Crippen LogP) is 1.06. The van der Waals surface area contributed by atoms with Gasteiger partial charge in [0, 0.05) is 12.6 Å². The highest BCUT2D eigenvalue weighted by atomic mass is 15.2. The minimum absolute atomic E-state index is 0.377. The first-order chi connectivity index (χ1) is 6.68. The van der Waals surface area contributed by atoms with E-state index < -0.39 is 0 Å². The Morgan fingerprint density at radius 2 is 2.14 bits per heavy atom. The van der Waals surface area contributed by atoms with Crippen LogP contribution in [0.2, 0.25) is 0 Å². The molecule has 4 nitrogen and oxygen atoms in total. The summed E-state index contributed by atoms with van der Waals surface area (Å²) < 4.78 is 2.05. The van der Waals surface area contributed by atoms with Crippen molar-refractivity contribution in [2.24, 2.45) is 5.41 Å². The van der Waals surface area contributed by atoms with E-state index in [1.807, 2.05) is 4.57 Å². The van der Waals surface area contributed by atoms with Crippen LogP contribution in [0.5, 0.6) is 0 Å². The molecule has 1 aromatic heterocycles. The molecule has 0 saturated carbocycles. The second kappa shape index (κ2) is 3.69. The summed E-state index contributed by atoms with van der Waals surface area (Å²) in [6.45, 7) is 6.76. The van der Waals surface area contributed by atoms with Gasteiger partial charge in [-0.2, -0.15) is 0 Å². The predicted molar refractivity (Wildman–Crippen MR) is 54.8 cm³/mol. The first kappa shape index (κ1) is 9.65. The molecule has 0 radical (unpaired) electrons. The molecule has 1 aliphatic rings. The second-order valence-corrected chi connectivity index (χ2v) is 4.76. The fourth-order valence-corrected chi connectivity index (χ4v) is 2.11. The molecule has 1 aromatic rings. The van der Waals surface area contributed by atoms with Gasteiger partial charge in [0.2, 0.25) is 0 Å². The molecule has 14 heavy (non-hydrogen) atoms. The number of piperidine rings is 1. The van der Waals surface area contributed by atoms with Gasteiger partial charge >= 0.3 is 0 Å². The van der Waals surface area contributed by atoms with Gasteiger partial charge in [-0.3, -0.25) is 0 Å². The highest BCUT2D eigenvalue weighted by Gasteiger charge is 2.31.